The summed E-state index contributed by atoms with van der Waals surface area (Å²) in [6.07, 6.45) is 0.429. The van der Waals surface area contributed by atoms with E-state index in [4.69, 9.17) is 4.74 Å². The molecule has 0 aliphatic carbocycles. The first-order chi connectivity index (χ1) is 7.74. The smallest absolute Gasteiger partial charge is 0.227 e. The monoisotopic (exact) mass is 277 g/mol. The summed E-state index contributed by atoms with van der Waals surface area (Å²) in [5.74, 6) is -0.0163. The van der Waals surface area contributed by atoms with Gasteiger partial charge in [-0.1, -0.05) is 0 Å². The number of morpholine rings is 1. The third-order valence-electron chi connectivity index (χ3n) is 2.30. The van der Waals surface area contributed by atoms with Crippen LogP contribution in [0.15, 0.2) is 5.38 Å². The van der Waals surface area contributed by atoms with Gasteiger partial charge in [-0.15, -0.1) is 23.7 Å². The van der Waals surface area contributed by atoms with Crippen molar-refractivity contribution in [1.29, 1.82) is 0 Å². The van der Waals surface area contributed by atoms with Gasteiger partial charge in [0.25, 0.3) is 0 Å². The van der Waals surface area contributed by atoms with Gasteiger partial charge in [-0.2, -0.15) is 0 Å². The predicted octanol–water partition coefficient (Wildman–Crippen LogP) is 1.19. The van der Waals surface area contributed by atoms with Gasteiger partial charge in [-0.25, -0.2) is 4.98 Å². The maximum absolute atomic E-state index is 11.6. The Balaban J connectivity index is 0.00000144. The minimum atomic E-state index is -0.0163. The van der Waals surface area contributed by atoms with E-state index in [2.05, 4.69) is 15.6 Å². The van der Waals surface area contributed by atoms with Crippen LogP contribution in [-0.2, 0) is 9.53 Å². The molecule has 1 amide bonds. The molecule has 1 aliphatic heterocycles. The fourth-order valence-electron chi connectivity index (χ4n) is 1.56. The van der Waals surface area contributed by atoms with E-state index in [9.17, 15) is 4.79 Å². The van der Waals surface area contributed by atoms with Crippen LogP contribution in [0.5, 0.6) is 0 Å². The minimum absolute atomic E-state index is 0. The number of aryl methyl sites for hydroxylation is 1. The molecular formula is C10H16ClN3O2S. The molecule has 5 nitrogen and oxygen atoms in total. The maximum Gasteiger partial charge on any atom is 0.227 e. The molecule has 0 spiro atoms. The number of carbonyl (C=O) groups excluding carboxylic acids is 1. The largest absolute Gasteiger partial charge is 0.378 e. The number of anilines is 1. The maximum atomic E-state index is 11.6. The Bertz CT molecular complexity index is 366. The summed E-state index contributed by atoms with van der Waals surface area (Å²) < 4.78 is 5.28. The predicted molar refractivity (Wildman–Crippen MR) is 70.0 cm³/mol. The number of aromatic nitrogens is 1. The first-order valence-corrected chi connectivity index (χ1v) is 6.15. The van der Waals surface area contributed by atoms with E-state index in [1.807, 2.05) is 12.3 Å². The second-order valence-corrected chi connectivity index (χ2v) is 4.63. The summed E-state index contributed by atoms with van der Waals surface area (Å²) in [6.45, 7) is 4.05. The van der Waals surface area contributed by atoms with Crippen molar-refractivity contribution in [3.63, 3.8) is 0 Å². The van der Waals surface area contributed by atoms with Crippen molar-refractivity contribution in [3.05, 3.63) is 11.1 Å². The molecule has 2 N–H and O–H groups in total. The Morgan fingerprint density at radius 2 is 2.59 bits per heavy atom. The van der Waals surface area contributed by atoms with Crippen molar-refractivity contribution in [1.82, 2.24) is 10.3 Å². The number of hydrogen-bond donors (Lipinski definition) is 2. The zero-order chi connectivity index (χ0) is 11.4. The summed E-state index contributed by atoms with van der Waals surface area (Å²) in [6, 6.07) is 0.120. The molecule has 0 aromatic carbocycles. The highest BCUT2D eigenvalue weighted by Gasteiger charge is 2.17. The first-order valence-electron chi connectivity index (χ1n) is 5.27. The van der Waals surface area contributed by atoms with Crippen molar-refractivity contribution in [2.45, 2.75) is 19.4 Å². The molecule has 1 aliphatic rings. The average molecular weight is 278 g/mol. The Hall–Kier alpha value is -0.690. The van der Waals surface area contributed by atoms with E-state index in [0.29, 0.717) is 18.2 Å². The molecule has 1 atom stereocenters. The second-order valence-electron chi connectivity index (χ2n) is 3.77. The van der Waals surface area contributed by atoms with Crippen LogP contribution < -0.4 is 10.6 Å². The lowest BCUT2D eigenvalue weighted by Crippen LogP contribution is -2.43. The van der Waals surface area contributed by atoms with Crippen LogP contribution in [0.3, 0.4) is 0 Å². The number of halogens is 1. The summed E-state index contributed by atoms with van der Waals surface area (Å²) >= 11 is 1.45. The summed E-state index contributed by atoms with van der Waals surface area (Å²) in [5.41, 5.74) is 0.930. The third-order valence-corrected chi connectivity index (χ3v) is 3.17. The molecule has 1 aromatic rings. The van der Waals surface area contributed by atoms with Gasteiger partial charge in [0, 0.05) is 24.4 Å². The van der Waals surface area contributed by atoms with Gasteiger partial charge < -0.3 is 15.4 Å². The Labute approximate surface area is 110 Å². The van der Waals surface area contributed by atoms with E-state index in [1.54, 1.807) is 0 Å². The average Bonchev–Trinajstić information content (AvgIpc) is 2.65. The Morgan fingerprint density at radius 3 is 3.18 bits per heavy atom. The molecule has 2 rings (SSSR count). The van der Waals surface area contributed by atoms with Crippen LogP contribution in [0.4, 0.5) is 5.13 Å². The molecule has 0 radical (unpaired) electrons. The van der Waals surface area contributed by atoms with Crippen LogP contribution in [0.1, 0.15) is 12.1 Å². The van der Waals surface area contributed by atoms with Crippen molar-refractivity contribution in [3.8, 4) is 0 Å². The van der Waals surface area contributed by atoms with Crippen molar-refractivity contribution in [2.75, 3.05) is 25.1 Å². The molecular weight excluding hydrogens is 262 g/mol. The lowest BCUT2D eigenvalue weighted by molar-refractivity contribution is -0.117. The number of nitrogens with one attached hydrogen (secondary N) is 2. The van der Waals surface area contributed by atoms with Crippen LogP contribution in [0.25, 0.3) is 0 Å². The van der Waals surface area contributed by atoms with E-state index in [1.165, 1.54) is 11.3 Å². The highest BCUT2D eigenvalue weighted by molar-refractivity contribution is 7.13. The van der Waals surface area contributed by atoms with Gasteiger partial charge in [0.05, 0.1) is 18.9 Å². The van der Waals surface area contributed by atoms with Gasteiger partial charge in [0.15, 0.2) is 5.13 Å². The third kappa shape index (κ3) is 4.59. The first kappa shape index (κ1) is 14.4. The topological polar surface area (TPSA) is 63.2 Å². The number of amides is 1. The molecule has 0 bridgehead atoms. The minimum Gasteiger partial charge on any atom is -0.378 e. The molecule has 96 valence electrons. The molecule has 1 saturated heterocycles. The number of hydrogen-bond acceptors (Lipinski definition) is 5. The number of rotatable bonds is 3. The molecule has 1 aromatic heterocycles. The number of nitrogens with zero attached hydrogens (tertiary/aromatic N) is 1. The van der Waals surface area contributed by atoms with Crippen LogP contribution in [0.2, 0.25) is 0 Å². The molecule has 1 unspecified atom stereocenters. The zero-order valence-corrected chi connectivity index (χ0v) is 11.2. The van der Waals surface area contributed by atoms with Crippen molar-refractivity contribution < 1.29 is 9.53 Å². The van der Waals surface area contributed by atoms with Crippen LogP contribution in [0, 0.1) is 6.92 Å². The summed E-state index contributed by atoms with van der Waals surface area (Å²) in [4.78, 5) is 15.8. The Kier molecular flexibility index (Phi) is 5.84. The van der Waals surface area contributed by atoms with Crippen molar-refractivity contribution >= 4 is 34.8 Å². The number of ether oxygens (including phenoxy) is 1. The zero-order valence-electron chi connectivity index (χ0n) is 9.56. The van der Waals surface area contributed by atoms with E-state index < -0.39 is 0 Å². The van der Waals surface area contributed by atoms with E-state index >= 15 is 0 Å². The highest BCUT2D eigenvalue weighted by Crippen LogP contribution is 2.14. The fourth-order valence-corrected chi connectivity index (χ4v) is 2.26. The van der Waals surface area contributed by atoms with Gasteiger partial charge in [0.1, 0.15) is 0 Å². The fraction of sp³-hybridized carbons (Fsp3) is 0.600. The SMILES string of the molecule is Cc1csc(NC(=O)CC2COCCN2)n1.Cl. The van der Waals surface area contributed by atoms with E-state index in [0.717, 1.165) is 18.8 Å². The van der Waals surface area contributed by atoms with Gasteiger partial charge >= 0.3 is 0 Å². The van der Waals surface area contributed by atoms with Crippen molar-refractivity contribution in [2.24, 2.45) is 0 Å². The highest BCUT2D eigenvalue weighted by atomic mass is 35.5. The number of carbonyl (C=O) groups is 1. The van der Waals surface area contributed by atoms with E-state index in [-0.39, 0.29) is 24.4 Å². The summed E-state index contributed by atoms with van der Waals surface area (Å²) in [5, 5.41) is 8.60. The molecule has 2 heterocycles. The quantitative estimate of drug-likeness (QED) is 0.871. The number of thiazole rings is 1. The van der Waals surface area contributed by atoms with Crippen LogP contribution in [-0.4, -0.2) is 36.7 Å². The van der Waals surface area contributed by atoms with Gasteiger partial charge in [-0.05, 0) is 6.92 Å². The molecule has 0 saturated carbocycles. The summed E-state index contributed by atoms with van der Waals surface area (Å²) in [7, 11) is 0. The molecule has 1 fully saturated rings. The lowest BCUT2D eigenvalue weighted by Gasteiger charge is -2.22. The van der Waals surface area contributed by atoms with Gasteiger partial charge in [0.2, 0.25) is 5.91 Å². The Morgan fingerprint density at radius 1 is 1.76 bits per heavy atom. The van der Waals surface area contributed by atoms with Gasteiger partial charge in [-0.3, -0.25) is 4.79 Å². The molecule has 17 heavy (non-hydrogen) atoms. The molecule has 7 heteroatoms. The van der Waals surface area contributed by atoms with Crippen LogP contribution >= 0.6 is 23.7 Å². The second kappa shape index (κ2) is 6.90. The standard InChI is InChI=1S/C10H15N3O2S.ClH/c1-7-6-16-10(12-7)13-9(14)4-8-5-15-3-2-11-8;/h6,8,11H,2-5H2,1H3,(H,12,13,14);1H. The normalized spacial score (nSPS) is 19.5. The lowest BCUT2D eigenvalue weighted by atomic mass is 10.2.